The summed E-state index contributed by atoms with van der Waals surface area (Å²) in [5.41, 5.74) is 2.31. The van der Waals surface area contributed by atoms with Crippen LogP contribution >= 0.6 is 11.3 Å². The van der Waals surface area contributed by atoms with Gasteiger partial charge in [-0.2, -0.15) is 0 Å². The van der Waals surface area contributed by atoms with Crippen molar-refractivity contribution in [2.75, 3.05) is 46.9 Å². The fraction of sp³-hybridized carbons (Fsp3) is 0.478. The predicted molar refractivity (Wildman–Crippen MR) is 120 cm³/mol. The summed E-state index contributed by atoms with van der Waals surface area (Å²) in [4.78, 5) is 32.5. The second-order valence-electron chi connectivity index (χ2n) is 7.60. The van der Waals surface area contributed by atoms with Gasteiger partial charge in [-0.25, -0.2) is 4.79 Å². The fourth-order valence-electron chi connectivity index (χ4n) is 3.86. The molecule has 0 N–H and O–H groups in total. The van der Waals surface area contributed by atoms with Crippen molar-refractivity contribution < 1.29 is 14.3 Å². The Balaban J connectivity index is 1.79. The molecule has 1 aliphatic heterocycles. The summed E-state index contributed by atoms with van der Waals surface area (Å²) >= 11 is 1.75. The van der Waals surface area contributed by atoms with Gasteiger partial charge in [-0.3, -0.25) is 4.79 Å². The molecule has 0 bridgehead atoms. The zero-order valence-corrected chi connectivity index (χ0v) is 18.9. The summed E-state index contributed by atoms with van der Waals surface area (Å²) in [5, 5.41) is 2.10. The molecule has 0 spiro atoms. The number of rotatable bonds is 8. The maximum absolute atomic E-state index is 13.4. The van der Waals surface area contributed by atoms with Crippen molar-refractivity contribution in [2.45, 2.75) is 25.8 Å². The standard InChI is InChI=1S/C23H31N3O3S/c1-4-29-15-8-13-25(23(28)24(2)3)17-21(27)26-14-11-20-19(12-16-30-20)22(26)18-9-6-5-7-10-18/h5-7,9-10,12,16,22H,4,8,11,13-15,17H2,1-3H3/t22-/m1/s1. The maximum Gasteiger partial charge on any atom is 0.319 e. The summed E-state index contributed by atoms with van der Waals surface area (Å²) in [5.74, 6) is -0.0210. The Labute approximate surface area is 183 Å². The first kappa shape index (κ1) is 22.3. The quantitative estimate of drug-likeness (QED) is 0.602. The van der Waals surface area contributed by atoms with Crippen molar-refractivity contribution in [3.8, 4) is 0 Å². The van der Waals surface area contributed by atoms with Crippen LogP contribution in [0.5, 0.6) is 0 Å². The topological polar surface area (TPSA) is 53.1 Å². The molecule has 0 saturated heterocycles. The molecule has 0 fully saturated rings. The Morgan fingerprint density at radius 2 is 1.97 bits per heavy atom. The summed E-state index contributed by atoms with van der Waals surface area (Å²) < 4.78 is 5.40. The Morgan fingerprint density at radius 1 is 1.20 bits per heavy atom. The van der Waals surface area contributed by atoms with Crippen LogP contribution in [0.25, 0.3) is 0 Å². The van der Waals surface area contributed by atoms with E-state index in [2.05, 4.69) is 23.6 Å². The fourth-order valence-corrected chi connectivity index (χ4v) is 4.76. The largest absolute Gasteiger partial charge is 0.382 e. The minimum atomic E-state index is -0.149. The Bertz CT molecular complexity index is 837. The van der Waals surface area contributed by atoms with Gasteiger partial charge in [0.05, 0.1) is 6.04 Å². The number of benzene rings is 1. The van der Waals surface area contributed by atoms with E-state index < -0.39 is 0 Å². The average Bonchev–Trinajstić information content (AvgIpc) is 3.24. The van der Waals surface area contributed by atoms with Crippen LogP contribution in [0.1, 0.15) is 35.4 Å². The molecule has 7 heteroatoms. The van der Waals surface area contributed by atoms with Gasteiger partial charge in [-0.05, 0) is 42.3 Å². The van der Waals surface area contributed by atoms with Crippen molar-refractivity contribution in [3.63, 3.8) is 0 Å². The van der Waals surface area contributed by atoms with Gasteiger partial charge < -0.3 is 19.4 Å². The molecular weight excluding hydrogens is 398 g/mol. The second-order valence-corrected chi connectivity index (χ2v) is 8.60. The van der Waals surface area contributed by atoms with Crippen LogP contribution in [0.4, 0.5) is 4.79 Å². The number of hydrogen-bond acceptors (Lipinski definition) is 4. The molecule has 30 heavy (non-hydrogen) atoms. The Kier molecular flexibility index (Phi) is 7.87. The van der Waals surface area contributed by atoms with Gasteiger partial charge in [0.2, 0.25) is 5.91 Å². The molecule has 2 aromatic rings. The number of nitrogens with zero attached hydrogens (tertiary/aromatic N) is 3. The third kappa shape index (κ3) is 5.21. The lowest BCUT2D eigenvalue weighted by atomic mass is 9.93. The summed E-state index contributed by atoms with van der Waals surface area (Å²) in [6, 6.07) is 12.0. The van der Waals surface area contributed by atoms with E-state index in [0.717, 1.165) is 12.0 Å². The number of amides is 3. The second kappa shape index (κ2) is 10.6. The van der Waals surface area contributed by atoms with Crippen molar-refractivity contribution >= 4 is 23.3 Å². The molecule has 0 unspecified atom stereocenters. The lowest BCUT2D eigenvalue weighted by molar-refractivity contribution is -0.134. The van der Waals surface area contributed by atoms with Gasteiger partial charge in [0, 0.05) is 45.3 Å². The molecule has 162 valence electrons. The first-order chi connectivity index (χ1) is 14.5. The molecule has 1 aromatic carbocycles. The molecule has 3 amide bonds. The van der Waals surface area contributed by atoms with E-state index in [1.165, 1.54) is 15.3 Å². The van der Waals surface area contributed by atoms with Crippen molar-refractivity contribution in [1.82, 2.24) is 14.7 Å². The Morgan fingerprint density at radius 3 is 2.67 bits per heavy atom. The number of thiophene rings is 1. The molecule has 6 nitrogen and oxygen atoms in total. The van der Waals surface area contributed by atoms with E-state index in [0.29, 0.717) is 32.7 Å². The van der Waals surface area contributed by atoms with Gasteiger partial charge in [0.25, 0.3) is 0 Å². The number of hydrogen-bond donors (Lipinski definition) is 0. The zero-order chi connectivity index (χ0) is 21.5. The van der Waals surface area contributed by atoms with E-state index in [1.54, 1.807) is 30.3 Å². The van der Waals surface area contributed by atoms with E-state index in [-0.39, 0.29) is 24.5 Å². The lowest BCUT2D eigenvalue weighted by Gasteiger charge is -2.38. The van der Waals surface area contributed by atoms with Crippen LogP contribution in [0.3, 0.4) is 0 Å². The summed E-state index contributed by atoms with van der Waals surface area (Å²) in [6.45, 7) is 4.41. The monoisotopic (exact) mass is 429 g/mol. The molecule has 0 radical (unpaired) electrons. The number of carbonyl (C=O) groups is 2. The van der Waals surface area contributed by atoms with Crippen molar-refractivity contribution in [2.24, 2.45) is 0 Å². The van der Waals surface area contributed by atoms with Crippen LogP contribution in [-0.2, 0) is 16.0 Å². The highest BCUT2D eigenvalue weighted by atomic mass is 32.1. The smallest absolute Gasteiger partial charge is 0.319 e. The molecular formula is C23H31N3O3S. The number of ether oxygens (including phenoxy) is 1. The van der Waals surface area contributed by atoms with Gasteiger partial charge in [-0.1, -0.05) is 30.3 Å². The van der Waals surface area contributed by atoms with E-state index in [9.17, 15) is 9.59 Å². The third-order valence-corrected chi connectivity index (χ3v) is 6.30. The van der Waals surface area contributed by atoms with Gasteiger partial charge in [-0.15, -0.1) is 11.3 Å². The van der Waals surface area contributed by atoms with Gasteiger partial charge >= 0.3 is 6.03 Å². The normalized spacial score (nSPS) is 15.6. The molecule has 1 aromatic heterocycles. The first-order valence-corrected chi connectivity index (χ1v) is 11.4. The molecule has 1 atom stereocenters. The minimum absolute atomic E-state index is 0.0210. The van der Waals surface area contributed by atoms with Gasteiger partial charge in [0.1, 0.15) is 6.54 Å². The molecule has 1 aliphatic rings. The van der Waals surface area contributed by atoms with Crippen LogP contribution in [0.2, 0.25) is 0 Å². The van der Waals surface area contributed by atoms with Crippen LogP contribution in [0.15, 0.2) is 41.8 Å². The molecule has 0 saturated carbocycles. The summed E-state index contributed by atoms with van der Waals surface area (Å²) in [7, 11) is 3.43. The van der Waals surface area contributed by atoms with E-state index in [1.807, 2.05) is 30.0 Å². The average molecular weight is 430 g/mol. The SMILES string of the molecule is CCOCCCN(CC(=O)N1CCc2sccc2[C@H]1c1ccccc1)C(=O)N(C)C. The minimum Gasteiger partial charge on any atom is -0.382 e. The molecule has 3 rings (SSSR count). The predicted octanol–water partition coefficient (Wildman–Crippen LogP) is 3.63. The molecule has 2 heterocycles. The number of urea groups is 1. The van der Waals surface area contributed by atoms with Crippen molar-refractivity contribution in [1.29, 1.82) is 0 Å². The highest BCUT2D eigenvalue weighted by molar-refractivity contribution is 7.10. The number of fused-ring (bicyclic) bond motifs is 1. The maximum atomic E-state index is 13.4. The van der Waals surface area contributed by atoms with Crippen molar-refractivity contribution in [3.05, 3.63) is 57.8 Å². The lowest BCUT2D eigenvalue weighted by Crippen LogP contribution is -2.49. The van der Waals surface area contributed by atoms with Crippen LogP contribution in [-0.4, -0.2) is 73.6 Å². The first-order valence-electron chi connectivity index (χ1n) is 10.5. The highest BCUT2D eigenvalue weighted by Gasteiger charge is 2.34. The number of carbonyl (C=O) groups excluding carboxylic acids is 2. The van der Waals surface area contributed by atoms with Crippen LogP contribution < -0.4 is 0 Å². The van der Waals surface area contributed by atoms with E-state index in [4.69, 9.17) is 4.74 Å². The van der Waals surface area contributed by atoms with Crippen LogP contribution in [0, 0.1) is 0 Å². The summed E-state index contributed by atoms with van der Waals surface area (Å²) in [6.07, 6.45) is 1.56. The molecule has 0 aliphatic carbocycles. The van der Waals surface area contributed by atoms with E-state index >= 15 is 0 Å². The Hall–Kier alpha value is -2.38. The zero-order valence-electron chi connectivity index (χ0n) is 18.0. The highest BCUT2D eigenvalue weighted by Crippen LogP contribution is 2.37. The van der Waals surface area contributed by atoms with Gasteiger partial charge in [0.15, 0.2) is 0 Å². The third-order valence-electron chi connectivity index (χ3n) is 5.30.